The van der Waals surface area contributed by atoms with Crippen LogP contribution in [0.2, 0.25) is 0 Å². The summed E-state index contributed by atoms with van der Waals surface area (Å²) in [6.07, 6.45) is 0.437. The van der Waals surface area contributed by atoms with Crippen molar-refractivity contribution in [3.05, 3.63) is 53.8 Å². The highest BCUT2D eigenvalue weighted by Gasteiger charge is 2.23. The summed E-state index contributed by atoms with van der Waals surface area (Å²) in [6, 6.07) is 11.0. The van der Waals surface area contributed by atoms with Gasteiger partial charge in [0.15, 0.2) is 0 Å². The Balaban J connectivity index is 1.88. The van der Waals surface area contributed by atoms with Crippen molar-refractivity contribution in [3.63, 3.8) is 0 Å². The number of carboxylic acid groups (broad SMARTS) is 1. The Morgan fingerprint density at radius 2 is 1.90 bits per heavy atom. The molecular formula is C20H21FN4O4S. The molecule has 30 heavy (non-hydrogen) atoms. The minimum absolute atomic E-state index is 0.0663. The van der Waals surface area contributed by atoms with Gasteiger partial charge in [-0.15, -0.1) is 0 Å². The standard InChI is InChI=1S/C20H21FN4O4S/c21-16-3-1-4-17(14-16)30(28,29)23-18-13-15(20(26)27)5-6-19(18)25-11-9-24(10-12-25)8-2-7-22/h1,3-6,13-14,23H,2,8-12H2,(H,26,27). The van der Waals surface area contributed by atoms with Gasteiger partial charge >= 0.3 is 5.97 Å². The monoisotopic (exact) mass is 432 g/mol. The van der Waals surface area contributed by atoms with Crippen molar-refractivity contribution in [1.82, 2.24) is 4.90 Å². The Hall–Kier alpha value is -3.16. The molecule has 0 radical (unpaired) electrons. The Morgan fingerprint density at radius 3 is 2.53 bits per heavy atom. The van der Waals surface area contributed by atoms with E-state index in [1.807, 2.05) is 4.90 Å². The number of nitrogens with zero attached hydrogens (tertiary/aromatic N) is 3. The van der Waals surface area contributed by atoms with Crippen LogP contribution in [0.4, 0.5) is 15.8 Å². The van der Waals surface area contributed by atoms with Gasteiger partial charge in [-0.05, 0) is 36.4 Å². The van der Waals surface area contributed by atoms with Crippen LogP contribution in [0, 0.1) is 17.1 Å². The van der Waals surface area contributed by atoms with Gasteiger partial charge in [0, 0.05) is 39.1 Å². The lowest BCUT2D eigenvalue weighted by molar-refractivity contribution is 0.0697. The van der Waals surface area contributed by atoms with E-state index in [1.165, 1.54) is 24.3 Å². The first kappa shape index (κ1) is 21.5. The highest BCUT2D eigenvalue weighted by molar-refractivity contribution is 7.92. The van der Waals surface area contributed by atoms with Crippen LogP contribution in [0.3, 0.4) is 0 Å². The van der Waals surface area contributed by atoms with Crippen LogP contribution in [0.5, 0.6) is 0 Å². The molecule has 0 aromatic heterocycles. The maximum Gasteiger partial charge on any atom is 0.335 e. The molecule has 0 aliphatic carbocycles. The maximum atomic E-state index is 13.5. The van der Waals surface area contributed by atoms with E-state index in [0.29, 0.717) is 44.8 Å². The molecule has 1 aliphatic heterocycles. The average molecular weight is 432 g/mol. The summed E-state index contributed by atoms with van der Waals surface area (Å²) in [5.41, 5.74) is 0.591. The number of rotatable bonds is 7. The van der Waals surface area contributed by atoms with Gasteiger partial charge in [-0.3, -0.25) is 9.62 Å². The Kier molecular flexibility index (Phi) is 6.54. The van der Waals surface area contributed by atoms with Crippen LogP contribution < -0.4 is 9.62 Å². The van der Waals surface area contributed by atoms with E-state index >= 15 is 0 Å². The number of benzene rings is 2. The molecule has 8 nitrogen and oxygen atoms in total. The molecule has 2 aromatic carbocycles. The molecule has 0 unspecified atom stereocenters. The van der Waals surface area contributed by atoms with E-state index < -0.39 is 21.8 Å². The molecule has 158 valence electrons. The summed E-state index contributed by atoms with van der Waals surface area (Å²) in [4.78, 5) is 15.2. The highest BCUT2D eigenvalue weighted by Crippen LogP contribution is 2.30. The lowest BCUT2D eigenvalue weighted by Crippen LogP contribution is -2.46. The molecular weight excluding hydrogens is 411 g/mol. The van der Waals surface area contributed by atoms with Crippen LogP contribution in [-0.4, -0.2) is 57.1 Å². The smallest absolute Gasteiger partial charge is 0.335 e. The molecule has 2 aromatic rings. The van der Waals surface area contributed by atoms with Crippen LogP contribution in [0.25, 0.3) is 0 Å². The van der Waals surface area contributed by atoms with E-state index in [2.05, 4.69) is 15.7 Å². The Bertz CT molecular complexity index is 1080. The predicted molar refractivity (Wildman–Crippen MR) is 109 cm³/mol. The van der Waals surface area contributed by atoms with Gasteiger partial charge in [-0.2, -0.15) is 5.26 Å². The topological polar surface area (TPSA) is 114 Å². The van der Waals surface area contributed by atoms with Gasteiger partial charge in [0.1, 0.15) is 5.82 Å². The summed E-state index contributed by atoms with van der Waals surface area (Å²) < 4.78 is 41.4. The summed E-state index contributed by atoms with van der Waals surface area (Å²) >= 11 is 0. The van der Waals surface area contributed by atoms with Crippen molar-refractivity contribution >= 4 is 27.4 Å². The molecule has 0 atom stereocenters. The number of carboxylic acids is 1. The van der Waals surface area contributed by atoms with Crippen LogP contribution >= 0.6 is 0 Å². The van der Waals surface area contributed by atoms with Crippen molar-refractivity contribution in [2.24, 2.45) is 0 Å². The van der Waals surface area contributed by atoms with E-state index in [9.17, 15) is 22.7 Å². The average Bonchev–Trinajstić information content (AvgIpc) is 2.72. The van der Waals surface area contributed by atoms with Crippen LogP contribution in [0.15, 0.2) is 47.4 Å². The number of hydrogen-bond donors (Lipinski definition) is 2. The van der Waals surface area contributed by atoms with Crippen molar-refractivity contribution in [2.75, 3.05) is 42.3 Å². The van der Waals surface area contributed by atoms with Crippen molar-refractivity contribution < 1.29 is 22.7 Å². The zero-order valence-electron chi connectivity index (χ0n) is 16.1. The van der Waals surface area contributed by atoms with Crippen LogP contribution in [0.1, 0.15) is 16.8 Å². The molecule has 0 amide bonds. The van der Waals surface area contributed by atoms with E-state index in [0.717, 1.165) is 12.1 Å². The fourth-order valence-electron chi connectivity index (χ4n) is 3.28. The van der Waals surface area contributed by atoms with Crippen molar-refractivity contribution in [3.8, 4) is 6.07 Å². The fourth-order valence-corrected chi connectivity index (χ4v) is 4.38. The van der Waals surface area contributed by atoms with Crippen molar-refractivity contribution in [2.45, 2.75) is 11.3 Å². The molecule has 0 spiro atoms. The highest BCUT2D eigenvalue weighted by atomic mass is 32.2. The summed E-state index contributed by atoms with van der Waals surface area (Å²) in [5.74, 6) is -1.88. The zero-order valence-corrected chi connectivity index (χ0v) is 16.9. The van der Waals surface area contributed by atoms with Gasteiger partial charge in [0.2, 0.25) is 0 Å². The number of nitrogens with one attached hydrogen (secondary N) is 1. The second-order valence-corrected chi connectivity index (χ2v) is 8.52. The van der Waals surface area contributed by atoms with Gasteiger partial charge in [0.25, 0.3) is 10.0 Å². The van der Waals surface area contributed by atoms with Crippen LogP contribution in [-0.2, 0) is 10.0 Å². The molecule has 1 heterocycles. The number of halogens is 1. The lowest BCUT2D eigenvalue weighted by Gasteiger charge is -2.36. The second kappa shape index (κ2) is 9.11. The SMILES string of the molecule is N#CCCN1CCN(c2ccc(C(=O)O)cc2NS(=O)(=O)c2cccc(F)c2)CC1. The molecule has 0 bridgehead atoms. The quantitative estimate of drug-likeness (QED) is 0.690. The number of anilines is 2. The number of aromatic carboxylic acids is 1. The summed E-state index contributed by atoms with van der Waals surface area (Å²) in [7, 11) is -4.12. The third-order valence-corrected chi connectivity index (χ3v) is 6.21. The Morgan fingerprint density at radius 1 is 1.17 bits per heavy atom. The molecule has 0 saturated carbocycles. The van der Waals surface area contributed by atoms with Gasteiger partial charge < -0.3 is 10.0 Å². The first-order valence-corrected chi connectivity index (χ1v) is 10.8. The largest absolute Gasteiger partial charge is 0.478 e. The minimum Gasteiger partial charge on any atom is -0.478 e. The van der Waals surface area contributed by atoms with Gasteiger partial charge in [0.05, 0.1) is 27.9 Å². The minimum atomic E-state index is -4.12. The van der Waals surface area contributed by atoms with E-state index in [-0.39, 0.29) is 16.1 Å². The van der Waals surface area contributed by atoms with E-state index in [1.54, 1.807) is 6.07 Å². The summed E-state index contributed by atoms with van der Waals surface area (Å²) in [5, 5.41) is 18.0. The third-order valence-electron chi connectivity index (χ3n) is 4.85. The molecule has 1 fully saturated rings. The number of hydrogen-bond acceptors (Lipinski definition) is 6. The maximum absolute atomic E-state index is 13.5. The molecule has 10 heteroatoms. The van der Waals surface area contributed by atoms with E-state index in [4.69, 9.17) is 5.26 Å². The fraction of sp³-hybridized carbons (Fsp3) is 0.300. The number of sulfonamides is 1. The predicted octanol–water partition coefficient (Wildman–Crippen LogP) is 2.36. The van der Waals surface area contributed by atoms with Gasteiger partial charge in [-0.1, -0.05) is 6.07 Å². The lowest BCUT2D eigenvalue weighted by atomic mass is 10.1. The number of nitriles is 1. The summed E-state index contributed by atoms with van der Waals surface area (Å²) in [6.45, 7) is 3.23. The van der Waals surface area contributed by atoms with Gasteiger partial charge in [-0.25, -0.2) is 17.6 Å². The molecule has 1 aliphatic rings. The first-order valence-electron chi connectivity index (χ1n) is 9.30. The molecule has 2 N–H and O–H groups in total. The molecule has 3 rings (SSSR count). The first-order chi connectivity index (χ1) is 14.3. The molecule has 1 saturated heterocycles. The number of carbonyl (C=O) groups is 1. The Labute approximate surface area is 174 Å². The normalized spacial score (nSPS) is 14.9. The third kappa shape index (κ3) is 5.06. The van der Waals surface area contributed by atoms with Crippen molar-refractivity contribution in [1.29, 1.82) is 5.26 Å². The second-order valence-electron chi connectivity index (χ2n) is 6.84. The number of piperazine rings is 1. The zero-order chi connectivity index (χ0) is 21.7.